The van der Waals surface area contributed by atoms with Crippen LogP contribution in [0, 0.1) is 0 Å². The van der Waals surface area contributed by atoms with E-state index >= 15 is 0 Å². The summed E-state index contributed by atoms with van der Waals surface area (Å²) < 4.78 is 0. The molecular weight excluding hydrogens is 311 g/mol. The molecule has 0 unspecified atom stereocenters. The fourth-order valence-corrected chi connectivity index (χ4v) is 0.572. The van der Waals surface area contributed by atoms with E-state index in [1.54, 1.807) is 0 Å². The van der Waals surface area contributed by atoms with Gasteiger partial charge in [0.05, 0.1) is 0 Å². The van der Waals surface area contributed by atoms with Crippen molar-refractivity contribution in [2.75, 3.05) is 0 Å². The van der Waals surface area contributed by atoms with Crippen LogP contribution in [0.4, 0.5) is 0 Å². The SMILES string of the molecule is CC(=O)/C=C(/C)[O-].CC(=O)/C=C(/C)[O-].[Cl-].[Zr+2]. The van der Waals surface area contributed by atoms with Crippen molar-refractivity contribution in [3.63, 3.8) is 0 Å². The van der Waals surface area contributed by atoms with Gasteiger partial charge in [-0.3, -0.25) is 9.59 Å². The Morgan fingerprint density at radius 3 is 1.00 bits per heavy atom. The van der Waals surface area contributed by atoms with Gasteiger partial charge >= 0.3 is 26.2 Å². The van der Waals surface area contributed by atoms with E-state index in [2.05, 4.69) is 0 Å². The molecule has 0 aliphatic carbocycles. The van der Waals surface area contributed by atoms with Crippen molar-refractivity contribution in [3.8, 4) is 0 Å². The number of hydrogen-bond donors (Lipinski definition) is 0. The molecular formula is C10H14ClO4Zr-. The molecule has 6 heteroatoms. The third-order valence-electron chi connectivity index (χ3n) is 0.813. The number of rotatable bonds is 2. The van der Waals surface area contributed by atoms with Crippen molar-refractivity contribution in [1.29, 1.82) is 0 Å². The molecule has 90 valence electrons. The Balaban J connectivity index is -0.0000000800. The standard InChI is InChI=1S/2C5H8O2.ClH.Zr/c2*1-4(6)3-5(2)7;;/h2*3,6H,1-2H3;1H;/q;;;+2/p-3/b2*4-3-;;. The molecule has 0 rings (SSSR count). The van der Waals surface area contributed by atoms with Crippen LogP contribution < -0.4 is 22.6 Å². The average Bonchev–Trinajstić information content (AvgIpc) is 1.79. The molecule has 0 amide bonds. The second-order valence-electron chi connectivity index (χ2n) is 2.73. The zero-order valence-electron chi connectivity index (χ0n) is 9.67. The minimum Gasteiger partial charge on any atom is -1.00 e. The van der Waals surface area contributed by atoms with Crippen LogP contribution >= 0.6 is 0 Å². The minimum atomic E-state index is -0.187. The van der Waals surface area contributed by atoms with E-state index in [-0.39, 0.29) is 61.7 Å². The van der Waals surface area contributed by atoms with Gasteiger partial charge in [0, 0.05) is 0 Å². The molecule has 0 aromatic heterocycles. The van der Waals surface area contributed by atoms with Crippen molar-refractivity contribution >= 4 is 11.6 Å². The summed E-state index contributed by atoms with van der Waals surface area (Å²) in [5.41, 5.74) is 0. The van der Waals surface area contributed by atoms with Crippen molar-refractivity contribution < 1.29 is 58.4 Å². The molecule has 0 radical (unpaired) electrons. The first-order chi connectivity index (χ1) is 6.25. The molecule has 0 saturated heterocycles. The van der Waals surface area contributed by atoms with E-state index in [0.717, 1.165) is 12.2 Å². The minimum absolute atomic E-state index is 0. The van der Waals surface area contributed by atoms with E-state index in [1.165, 1.54) is 27.7 Å². The largest absolute Gasteiger partial charge is 2.00 e. The molecule has 16 heavy (non-hydrogen) atoms. The van der Waals surface area contributed by atoms with Gasteiger partial charge in [0.1, 0.15) is 0 Å². The average molecular weight is 325 g/mol. The third kappa shape index (κ3) is 37.4. The molecule has 0 aromatic carbocycles. The molecule has 0 bridgehead atoms. The van der Waals surface area contributed by atoms with Crippen molar-refractivity contribution in [1.82, 2.24) is 0 Å². The smallest absolute Gasteiger partial charge is 1.00 e. The van der Waals surface area contributed by atoms with Gasteiger partial charge in [-0.15, -0.1) is 11.5 Å². The molecule has 0 spiro atoms. The summed E-state index contributed by atoms with van der Waals surface area (Å²) in [5, 5.41) is 20.0. The maximum absolute atomic E-state index is 9.98. The van der Waals surface area contributed by atoms with E-state index < -0.39 is 0 Å². The van der Waals surface area contributed by atoms with Gasteiger partial charge in [-0.2, -0.15) is 0 Å². The van der Waals surface area contributed by atoms with Crippen molar-refractivity contribution in [3.05, 3.63) is 23.7 Å². The monoisotopic (exact) mass is 323 g/mol. The number of carbonyl (C=O) groups is 2. The Morgan fingerprint density at radius 1 is 0.812 bits per heavy atom. The Labute approximate surface area is 121 Å². The van der Waals surface area contributed by atoms with E-state index in [1.807, 2.05) is 0 Å². The zero-order valence-corrected chi connectivity index (χ0v) is 12.9. The first kappa shape index (κ1) is 24.7. The van der Waals surface area contributed by atoms with Crippen LogP contribution in [0.2, 0.25) is 0 Å². The van der Waals surface area contributed by atoms with Crippen LogP contribution in [-0.2, 0) is 35.8 Å². The maximum atomic E-state index is 9.98. The van der Waals surface area contributed by atoms with Crippen LogP contribution in [0.25, 0.3) is 0 Å². The van der Waals surface area contributed by atoms with Gasteiger partial charge in [-0.25, -0.2) is 0 Å². The van der Waals surface area contributed by atoms with Gasteiger partial charge in [-0.1, -0.05) is 13.8 Å². The first-order valence-electron chi connectivity index (χ1n) is 3.97. The van der Waals surface area contributed by atoms with E-state index in [4.69, 9.17) is 0 Å². The predicted molar refractivity (Wildman–Crippen MR) is 48.9 cm³/mol. The molecule has 0 atom stereocenters. The molecule has 4 nitrogen and oxygen atoms in total. The van der Waals surface area contributed by atoms with Crippen LogP contribution in [-0.4, -0.2) is 11.6 Å². The molecule has 0 heterocycles. The fraction of sp³-hybridized carbons (Fsp3) is 0.400. The predicted octanol–water partition coefficient (Wildman–Crippen LogP) is -3.32. The molecule has 0 aliphatic rings. The quantitative estimate of drug-likeness (QED) is 0.393. The summed E-state index contributed by atoms with van der Waals surface area (Å²) in [5.74, 6) is -0.750. The van der Waals surface area contributed by atoms with E-state index in [9.17, 15) is 19.8 Å². The zero-order chi connectivity index (χ0) is 11.7. The molecule has 0 N–H and O–H groups in total. The fourth-order valence-electron chi connectivity index (χ4n) is 0.572. The van der Waals surface area contributed by atoms with Gasteiger partial charge in [-0.05, 0) is 26.0 Å². The Kier molecular flexibility index (Phi) is 22.5. The number of halogens is 1. The Hall–Kier alpha value is -0.407. The van der Waals surface area contributed by atoms with E-state index in [0.29, 0.717) is 0 Å². The molecule has 0 saturated carbocycles. The van der Waals surface area contributed by atoms with Crippen LogP contribution in [0.15, 0.2) is 23.7 Å². The van der Waals surface area contributed by atoms with Crippen LogP contribution in [0.5, 0.6) is 0 Å². The molecule has 0 aliphatic heterocycles. The molecule has 0 aromatic rings. The van der Waals surface area contributed by atoms with Gasteiger partial charge in [0.25, 0.3) is 0 Å². The summed E-state index contributed by atoms with van der Waals surface area (Å²) in [6.45, 7) is 5.39. The summed E-state index contributed by atoms with van der Waals surface area (Å²) in [7, 11) is 0. The topological polar surface area (TPSA) is 80.3 Å². The second-order valence-corrected chi connectivity index (χ2v) is 2.73. The maximum Gasteiger partial charge on any atom is 2.00 e. The second kappa shape index (κ2) is 14.6. The summed E-state index contributed by atoms with van der Waals surface area (Å²) in [4.78, 5) is 20.0. The van der Waals surface area contributed by atoms with Gasteiger partial charge < -0.3 is 22.6 Å². The van der Waals surface area contributed by atoms with Gasteiger partial charge in [0.15, 0.2) is 11.6 Å². The molecule has 0 fully saturated rings. The summed E-state index contributed by atoms with van der Waals surface area (Å²) in [6, 6.07) is 0. The number of carbonyl (C=O) groups excluding carboxylic acids is 2. The van der Waals surface area contributed by atoms with Crippen LogP contribution in [0.1, 0.15) is 27.7 Å². The Bertz CT molecular complexity index is 236. The van der Waals surface area contributed by atoms with Crippen LogP contribution in [0.3, 0.4) is 0 Å². The summed E-state index contributed by atoms with van der Waals surface area (Å²) >= 11 is 0. The third-order valence-corrected chi connectivity index (χ3v) is 0.813. The van der Waals surface area contributed by atoms with Gasteiger partial charge in [0.2, 0.25) is 0 Å². The first-order valence-corrected chi connectivity index (χ1v) is 3.97. The van der Waals surface area contributed by atoms with Crippen molar-refractivity contribution in [2.24, 2.45) is 0 Å². The summed E-state index contributed by atoms with van der Waals surface area (Å²) in [6.07, 6.45) is 2.11. The normalized spacial score (nSPS) is 10.0. The number of allylic oxidation sites excluding steroid dienone is 4. The van der Waals surface area contributed by atoms with Crippen molar-refractivity contribution in [2.45, 2.75) is 27.7 Å². The number of ketones is 2. The Morgan fingerprint density at radius 2 is 1.00 bits per heavy atom. The number of hydrogen-bond acceptors (Lipinski definition) is 4.